The van der Waals surface area contributed by atoms with Gasteiger partial charge in [0.1, 0.15) is 23.9 Å². The van der Waals surface area contributed by atoms with Crippen LogP contribution in [0.25, 0.3) is 0 Å². The largest absolute Gasteiger partial charge is 4.00 e. The van der Waals surface area contributed by atoms with Gasteiger partial charge in [0.2, 0.25) is 0 Å². The summed E-state index contributed by atoms with van der Waals surface area (Å²) in [6, 6.07) is 0. The summed E-state index contributed by atoms with van der Waals surface area (Å²) in [5.41, 5.74) is 4.69. The Morgan fingerprint density at radius 3 is 0.552 bits per heavy atom. The maximum Gasteiger partial charge on any atom is 4.00 e. The molecule has 0 aliphatic heterocycles. The molecule has 0 radical (unpaired) electrons. The Hall–Kier alpha value is -3.26. The van der Waals surface area contributed by atoms with Gasteiger partial charge in [-0.3, -0.25) is 24.6 Å². The van der Waals surface area contributed by atoms with E-state index in [0.717, 1.165) is 27.7 Å². The average Bonchev–Trinajstić information content (AvgIpc) is 2.47. The zero-order chi connectivity index (χ0) is 24.2. The first kappa shape index (κ1) is 40.4. The Labute approximate surface area is 179 Å². The van der Waals surface area contributed by atoms with Crippen LogP contribution in [-0.2, 0) is 60.1 Å². The Morgan fingerprint density at radius 2 is 0.552 bits per heavy atom. The van der Waals surface area contributed by atoms with Crippen LogP contribution in [0.1, 0.15) is 34.6 Å². The summed E-state index contributed by atoms with van der Waals surface area (Å²) >= 11 is 0. The van der Waals surface area contributed by atoms with Crippen LogP contribution >= 0.6 is 0 Å². The number of Topliss-reactive ketones (excluding diaryl/α,β-unsaturated/α-hetero) is 4. The molecule has 3 N–H and O–H groups in total. The third-order valence-corrected chi connectivity index (χ3v) is 1.15. The van der Waals surface area contributed by atoms with Crippen molar-refractivity contribution in [2.45, 2.75) is 34.6 Å². The number of nitrogens with two attached hydrogens (primary N) is 1. The number of nitrogens with one attached hydrogen (secondary N) is 1. The molecule has 0 rings (SSSR count). The zero-order valence-corrected chi connectivity index (χ0v) is 17.5. The van der Waals surface area contributed by atoms with E-state index in [9.17, 15) is 58.8 Å². The first-order valence-corrected chi connectivity index (χ1v) is 6.49. The van der Waals surface area contributed by atoms with E-state index in [-0.39, 0.29) is 27.6 Å². The molecule has 0 aromatic heterocycles. The second-order valence-electron chi connectivity index (χ2n) is 4.06. The molecule has 0 aromatic rings. The molecule has 0 aliphatic carbocycles. The molecule has 0 aromatic carbocycles. The van der Waals surface area contributed by atoms with Crippen LogP contribution in [0.4, 0.5) is 0 Å². The topological polar surface area (TPSA) is 279 Å². The molecule has 0 bridgehead atoms. The number of carboxylic acid groups (broad SMARTS) is 4. The molecule has 0 saturated heterocycles. The van der Waals surface area contributed by atoms with E-state index in [1.165, 1.54) is 6.92 Å². The van der Waals surface area contributed by atoms with Crippen LogP contribution in [0.15, 0.2) is 0 Å². The van der Waals surface area contributed by atoms with E-state index in [2.05, 4.69) is 0 Å². The molecule has 14 nitrogen and oxygen atoms in total. The molecule has 0 saturated carbocycles. The van der Waals surface area contributed by atoms with Gasteiger partial charge < -0.3 is 45.3 Å². The predicted octanol–water partition coefficient (Wildman–Crippen LogP) is -6.76. The van der Waals surface area contributed by atoms with Gasteiger partial charge in [0, 0.05) is 27.7 Å². The maximum atomic E-state index is 9.48. The second-order valence-corrected chi connectivity index (χ2v) is 4.06. The summed E-state index contributed by atoms with van der Waals surface area (Å²) in [7, 11) is 0. The molecular formula is C14H18N2O12Ti. The fourth-order valence-electron chi connectivity index (χ4n) is 0. The number of carbonyl (C=O) groups excluding carboxylic acids is 8. The second kappa shape index (κ2) is 24.7. The van der Waals surface area contributed by atoms with E-state index in [1.54, 1.807) is 0 Å². The molecule has 29 heavy (non-hydrogen) atoms. The molecule has 0 amide bonds. The van der Waals surface area contributed by atoms with Gasteiger partial charge in [0.25, 0.3) is 0 Å². The number of hydrogen-bond acceptors (Lipinski definition) is 13. The standard InChI is InChI=1S/4C3H4O3.C2H6N2.Ti/c4*1-2(4)3(5)6;1-2(3)4;/h4*1H3,(H,5,6);1H3,(H3,3,4);/q;;;;;+4/p-4. The average molecular weight is 454 g/mol. The van der Waals surface area contributed by atoms with Crippen molar-refractivity contribution in [1.29, 1.82) is 5.41 Å². The first-order valence-electron chi connectivity index (χ1n) is 6.49. The van der Waals surface area contributed by atoms with E-state index in [4.69, 9.17) is 11.1 Å². The van der Waals surface area contributed by atoms with Crippen LogP contribution < -0.4 is 26.2 Å². The van der Waals surface area contributed by atoms with Gasteiger partial charge in [-0.05, 0) is 6.92 Å². The fourth-order valence-corrected chi connectivity index (χ4v) is 0. The predicted molar refractivity (Wildman–Crippen MR) is 80.3 cm³/mol. The van der Waals surface area contributed by atoms with Crippen molar-refractivity contribution in [3.05, 3.63) is 0 Å². The van der Waals surface area contributed by atoms with Crippen molar-refractivity contribution < 1.29 is 80.5 Å². The van der Waals surface area contributed by atoms with Crippen molar-refractivity contribution >= 4 is 52.8 Å². The minimum Gasteiger partial charge on any atom is -0.542 e. The number of ketones is 4. The quantitative estimate of drug-likeness (QED) is 0.173. The minimum atomic E-state index is -1.63. The third-order valence-electron chi connectivity index (χ3n) is 1.15. The molecule has 0 fully saturated rings. The van der Waals surface area contributed by atoms with E-state index in [0.29, 0.717) is 0 Å². The third kappa shape index (κ3) is 78.8. The molecule has 0 unspecified atom stereocenters. The van der Waals surface area contributed by atoms with Crippen LogP contribution in [0.3, 0.4) is 0 Å². The summed E-state index contributed by atoms with van der Waals surface area (Å²) in [5.74, 6) is -10.1. The number of hydrogen-bond donors (Lipinski definition) is 2. The van der Waals surface area contributed by atoms with Gasteiger partial charge in [0.15, 0.2) is 23.1 Å². The van der Waals surface area contributed by atoms with Gasteiger partial charge in [-0.25, -0.2) is 0 Å². The SMILES string of the molecule is CC(=N)N.CC(=O)C(=O)[O-].CC(=O)C(=O)[O-].CC(=O)C(=O)[O-].CC(=O)C(=O)[O-].[Ti+4]. The molecule has 15 heteroatoms. The van der Waals surface area contributed by atoms with Crippen LogP contribution in [0, 0.1) is 5.41 Å². The summed E-state index contributed by atoms with van der Waals surface area (Å²) in [4.78, 5) is 74.9. The van der Waals surface area contributed by atoms with E-state index < -0.39 is 47.0 Å². The number of carboxylic acids is 4. The normalized spacial score (nSPS) is 7.07. The zero-order valence-electron chi connectivity index (χ0n) is 16.0. The summed E-state index contributed by atoms with van der Waals surface area (Å²) in [5, 5.41) is 43.2. The Balaban J connectivity index is -0.0000000569. The molecule has 160 valence electrons. The van der Waals surface area contributed by atoms with Gasteiger partial charge in [-0.1, -0.05) is 0 Å². The van der Waals surface area contributed by atoms with E-state index in [1.807, 2.05) is 0 Å². The summed E-state index contributed by atoms with van der Waals surface area (Å²) in [6.07, 6.45) is 0. The molecule has 0 heterocycles. The van der Waals surface area contributed by atoms with Gasteiger partial charge >= 0.3 is 21.7 Å². The maximum absolute atomic E-state index is 9.48. The first-order chi connectivity index (χ1) is 12.3. The number of carbonyl (C=O) groups is 8. The molecule has 0 aliphatic rings. The Morgan fingerprint density at radius 1 is 0.517 bits per heavy atom. The molecule has 0 spiro atoms. The Bertz CT molecular complexity index is 480. The van der Waals surface area contributed by atoms with Crippen molar-refractivity contribution in [2.75, 3.05) is 0 Å². The summed E-state index contributed by atoms with van der Waals surface area (Å²) in [6.45, 7) is 5.29. The summed E-state index contributed by atoms with van der Waals surface area (Å²) < 4.78 is 0. The van der Waals surface area contributed by atoms with Crippen LogP contribution in [0.5, 0.6) is 0 Å². The van der Waals surface area contributed by atoms with Crippen molar-refractivity contribution in [3.63, 3.8) is 0 Å². The monoisotopic (exact) mass is 454 g/mol. The smallest absolute Gasteiger partial charge is 0.542 e. The molecule has 0 atom stereocenters. The molecular weight excluding hydrogens is 436 g/mol. The minimum absolute atomic E-state index is 0. The van der Waals surface area contributed by atoms with Gasteiger partial charge in [-0.2, -0.15) is 0 Å². The number of rotatable bonds is 4. The van der Waals surface area contributed by atoms with Gasteiger partial charge in [-0.15, -0.1) is 0 Å². The van der Waals surface area contributed by atoms with E-state index >= 15 is 0 Å². The van der Waals surface area contributed by atoms with Crippen molar-refractivity contribution in [1.82, 2.24) is 0 Å². The van der Waals surface area contributed by atoms with Crippen molar-refractivity contribution in [2.24, 2.45) is 5.73 Å². The number of aliphatic carboxylic acids is 4. The van der Waals surface area contributed by atoms with Gasteiger partial charge in [0.05, 0.1) is 5.84 Å². The Kier molecular flexibility index (Phi) is 34.5. The van der Waals surface area contributed by atoms with Crippen molar-refractivity contribution in [3.8, 4) is 0 Å². The van der Waals surface area contributed by atoms with Crippen LogP contribution in [0.2, 0.25) is 0 Å². The number of amidine groups is 1. The fraction of sp³-hybridized carbons (Fsp3) is 0.357. The van der Waals surface area contributed by atoms with Crippen LogP contribution in [-0.4, -0.2) is 52.8 Å².